The molecule has 0 bridgehead atoms. The fourth-order valence-corrected chi connectivity index (χ4v) is 0.656. The van der Waals surface area contributed by atoms with E-state index in [0.29, 0.717) is 12.8 Å². The van der Waals surface area contributed by atoms with Crippen molar-refractivity contribution in [2.24, 2.45) is 0 Å². The Kier molecular flexibility index (Phi) is 21.8. The molecule has 0 unspecified atom stereocenters. The largest absolute Gasteiger partial charge is 0.481 e. The van der Waals surface area contributed by atoms with Crippen LogP contribution in [0.4, 0.5) is 0 Å². The van der Waals surface area contributed by atoms with E-state index in [1.807, 2.05) is 13.8 Å². The number of carboxylic acid groups (broad SMARTS) is 2. The van der Waals surface area contributed by atoms with Gasteiger partial charge < -0.3 is 10.2 Å². The topological polar surface area (TPSA) is 74.6 Å². The Bertz CT molecular complexity index is 142. The van der Waals surface area contributed by atoms with Crippen molar-refractivity contribution in [1.29, 1.82) is 0 Å². The van der Waals surface area contributed by atoms with Crippen molar-refractivity contribution in [2.75, 3.05) is 0 Å². The third kappa shape index (κ3) is 31.6. The molecule has 15 heavy (non-hydrogen) atoms. The van der Waals surface area contributed by atoms with Crippen molar-refractivity contribution >= 4 is 35.6 Å². The zero-order valence-corrected chi connectivity index (χ0v) is 11.7. The minimum atomic E-state index is -0.693. The van der Waals surface area contributed by atoms with Crippen LogP contribution in [0.1, 0.15) is 52.4 Å². The van der Waals surface area contributed by atoms with E-state index in [0.717, 1.165) is 25.7 Å². The number of hydrogen-bond donors (Lipinski definition) is 2. The van der Waals surface area contributed by atoms with E-state index in [-0.39, 0.29) is 23.7 Å². The molecule has 0 aliphatic heterocycles. The quantitative estimate of drug-likeness (QED) is 0.731. The summed E-state index contributed by atoms with van der Waals surface area (Å²) in [4.78, 5) is 19.5. The van der Waals surface area contributed by atoms with Crippen molar-refractivity contribution in [1.82, 2.24) is 0 Å². The SMILES string of the molecule is CCCCC(=O)O.CCCCC(=O)O.[Te]. The average Bonchev–Trinajstić information content (AvgIpc) is 2.12. The molecule has 0 amide bonds. The van der Waals surface area contributed by atoms with Crippen molar-refractivity contribution < 1.29 is 19.8 Å². The van der Waals surface area contributed by atoms with Gasteiger partial charge in [-0.1, -0.05) is 26.7 Å². The Labute approximate surface area is 108 Å². The summed E-state index contributed by atoms with van der Waals surface area (Å²) in [5.41, 5.74) is 0. The van der Waals surface area contributed by atoms with Gasteiger partial charge in [-0.2, -0.15) is 0 Å². The maximum atomic E-state index is 9.76. The number of carbonyl (C=O) groups is 2. The predicted molar refractivity (Wildman–Crippen MR) is 60.1 cm³/mol. The third-order valence-electron chi connectivity index (χ3n) is 1.49. The van der Waals surface area contributed by atoms with E-state index >= 15 is 0 Å². The van der Waals surface area contributed by atoms with Crippen molar-refractivity contribution in [2.45, 2.75) is 52.4 Å². The minimum Gasteiger partial charge on any atom is -0.481 e. The van der Waals surface area contributed by atoms with Gasteiger partial charge in [0.25, 0.3) is 0 Å². The van der Waals surface area contributed by atoms with E-state index in [4.69, 9.17) is 10.2 Å². The Balaban J connectivity index is -0.000000180. The van der Waals surface area contributed by atoms with Gasteiger partial charge in [0.1, 0.15) is 0 Å². The second-order valence-corrected chi connectivity index (χ2v) is 2.99. The molecule has 0 atom stereocenters. The van der Waals surface area contributed by atoms with Gasteiger partial charge >= 0.3 is 11.9 Å². The molecule has 2 radical (unpaired) electrons. The van der Waals surface area contributed by atoms with E-state index in [2.05, 4.69) is 0 Å². The molecular formula is C10H20O4Te. The van der Waals surface area contributed by atoms with E-state index in [1.165, 1.54) is 0 Å². The second kappa shape index (κ2) is 16.2. The average molecular weight is 332 g/mol. The molecule has 0 spiro atoms. The summed E-state index contributed by atoms with van der Waals surface area (Å²) in [6, 6.07) is 0. The molecule has 0 heterocycles. The fraction of sp³-hybridized carbons (Fsp3) is 0.800. The summed E-state index contributed by atoms with van der Waals surface area (Å²) in [7, 11) is 0. The number of aliphatic carboxylic acids is 2. The molecule has 5 heteroatoms. The summed E-state index contributed by atoms with van der Waals surface area (Å²) in [6.07, 6.45) is 4.16. The van der Waals surface area contributed by atoms with Crippen molar-refractivity contribution in [3.05, 3.63) is 0 Å². The maximum Gasteiger partial charge on any atom is 0.303 e. The molecule has 0 aromatic heterocycles. The van der Waals surface area contributed by atoms with Crippen LogP contribution in [0.2, 0.25) is 0 Å². The van der Waals surface area contributed by atoms with Gasteiger partial charge in [-0.05, 0) is 12.8 Å². The van der Waals surface area contributed by atoms with E-state index < -0.39 is 11.9 Å². The number of hydrogen-bond acceptors (Lipinski definition) is 2. The van der Waals surface area contributed by atoms with Gasteiger partial charge in [-0.3, -0.25) is 9.59 Å². The van der Waals surface area contributed by atoms with Gasteiger partial charge in [0.05, 0.1) is 0 Å². The molecule has 0 saturated heterocycles. The molecule has 0 aliphatic carbocycles. The van der Waals surface area contributed by atoms with Crippen LogP contribution in [0.5, 0.6) is 0 Å². The van der Waals surface area contributed by atoms with Crippen LogP contribution in [0, 0.1) is 0 Å². The number of carboxylic acids is 2. The molecule has 0 aromatic rings. The monoisotopic (exact) mass is 334 g/mol. The van der Waals surface area contributed by atoms with Gasteiger partial charge in [0, 0.05) is 36.5 Å². The molecule has 90 valence electrons. The van der Waals surface area contributed by atoms with Gasteiger partial charge in [-0.25, -0.2) is 0 Å². The standard InChI is InChI=1S/2C5H10O2.Te/c2*1-2-3-4-5(6)7;/h2*2-4H2,1H3,(H,6,7);. The first kappa shape index (κ1) is 20.2. The Morgan fingerprint density at radius 3 is 1.20 bits per heavy atom. The van der Waals surface area contributed by atoms with E-state index in [1.54, 1.807) is 0 Å². The van der Waals surface area contributed by atoms with E-state index in [9.17, 15) is 9.59 Å². The van der Waals surface area contributed by atoms with Crippen molar-refractivity contribution in [3.63, 3.8) is 0 Å². The summed E-state index contributed by atoms with van der Waals surface area (Å²) in [6.45, 7) is 3.95. The Hall–Kier alpha value is -0.270. The number of rotatable bonds is 6. The van der Waals surface area contributed by atoms with Crippen LogP contribution in [-0.2, 0) is 9.59 Å². The molecule has 0 fully saturated rings. The van der Waals surface area contributed by atoms with Gasteiger partial charge in [-0.15, -0.1) is 0 Å². The van der Waals surface area contributed by atoms with Crippen LogP contribution < -0.4 is 0 Å². The molecule has 0 rings (SSSR count). The van der Waals surface area contributed by atoms with Crippen molar-refractivity contribution in [3.8, 4) is 0 Å². The van der Waals surface area contributed by atoms with Gasteiger partial charge in [0.2, 0.25) is 0 Å². The zero-order chi connectivity index (χ0) is 11.4. The van der Waals surface area contributed by atoms with Crippen LogP contribution in [-0.4, -0.2) is 45.8 Å². The van der Waals surface area contributed by atoms with Crippen LogP contribution in [0.15, 0.2) is 0 Å². The first-order valence-electron chi connectivity index (χ1n) is 4.98. The molecule has 4 nitrogen and oxygen atoms in total. The smallest absolute Gasteiger partial charge is 0.303 e. The molecule has 0 saturated carbocycles. The van der Waals surface area contributed by atoms with Crippen LogP contribution >= 0.6 is 0 Å². The fourth-order valence-electron chi connectivity index (χ4n) is 0.656. The molecule has 2 N–H and O–H groups in total. The predicted octanol–water partition coefficient (Wildman–Crippen LogP) is 2.14. The van der Waals surface area contributed by atoms with Crippen LogP contribution in [0.3, 0.4) is 0 Å². The zero-order valence-electron chi connectivity index (χ0n) is 9.36. The normalized spacial score (nSPS) is 8.13. The second-order valence-electron chi connectivity index (χ2n) is 2.99. The summed E-state index contributed by atoms with van der Waals surface area (Å²) in [5.74, 6) is -1.39. The maximum absolute atomic E-state index is 9.76. The summed E-state index contributed by atoms with van der Waals surface area (Å²) >= 11 is 0. The Morgan fingerprint density at radius 2 is 1.13 bits per heavy atom. The Morgan fingerprint density at radius 1 is 0.867 bits per heavy atom. The van der Waals surface area contributed by atoms with Gasteiger partial charge in [0.15, 0.2) is 0 Å². The molecule has 0 aliphatic rings. The third-order valence-corrected chi connectivity index (χ3v) is 1.49. The minimum absolute atomic E-state index is 0. The number of unbranched alkanes of at least 4 members (excludes halogenated alkanes) is 2. The molecule has 0 aromatic carbocycles. The summed E-state index contributed by atoms with van der Waals surface area (Å²) < 4.78 is 0. The first-order valence-corrected chi connectivity index (χ1v) is 4.98. The first-order chi connectivity index (χ1) is 6.54. The summed E-state index contributed by atoms with van der Waals surface area (Å²) in [5, 5.41) is 16.1. The molecular weight excluding hydrogens is 312 g/mol. The van der Waals surface area contributed by atoms with Crippen LogP contribution in [0.25, 0.3) is 0 Å².